The largest absolute Gasteiger partial charge is 0.480 e. The van der Waals surface area contributed by atoms with Gasteiger partial charge in [-0.3, -0.25) is 9.69 Å². The SMILES string of the molecule is COC(=O)c1occc1CN1CCC(N)(C(=O)O)C1. The Balaban J connectivity index is 2.06. The average Bonchev–Trinajstić information content (AvgIpc) is 2.97. The highest BCUT2D eigenvalue weighted by Crippen LogP contribution is 2.23. The molecular weight excluding hydrogens is 252 g/mol. The van der Waals surface area contributed by atoms with Gasteiger partial charge in [0.2, 0.25) is 5.76 Å². The molecule has 0 spiro atoms. The van der Waals surface area contributed by atoms with E-state index in [1.54, 1.807) is 6.07 Å². The molecule has 0 saturated carbocycles. The van der Waals surface area contributed by atoms with Crippen LogP contribution in [0.3, 0.4) is 0 Å². The number of nitrogens with zero attached hydrogens (tertiary/aromatic N) is 1. The Morgan fingerprint density at radius 2 is 2.37 bits per heavy atom. The summed E-state index contributed by atoms with van der Waals surface area (Å²) in [4.78, 5) is 24.4. The number of likely N-dealkylation sites (tertiary alicyclic amines) is 1. The first kappa shape index (κ1) is 13.6. The molecule has 0 aliphatic carbocycles. The molecule has 1 aromatic heterocycles. The number of carbonyl (C=O) groups excluding carboxylic acids is 1. The standard InChI is InChI=1S/C12H16N2O5/c1-18-10(15)9-8(2-5-19-9)6-14-4-3-12(13,7-14)11(16)17/h2,5H,3-4,6-7,13H2,1H3,(H,16,17). The number of carbonyl (C=O) groups is 2. The van der Waals surface area contributed by atoms with Crippen molar-refractivity contribution in [2.45, 2.75) is 18.5 Å². The number of methoxy groups -OCH3 is 1. The van der Waals surface area contributed by atoms with Gasteiger partial charge in [0.05, 0.1) is 13.4 Å². The lowest BCUT2D eigenvalue weighted by Crippen LogP contribution is -2.50. The smallest absolute Gasteiger partial charge is 0.374 e. The molecular formula is C12H16N2O5. The minimum atomic E-state index is -1.21. The van der Waals surface area contributed by atoms with E-state index >= 15 is 0 Å². The third-order valence-electron chi connectivity index (χ3n) is 3.32. The van der Waals surface area contributed by atoms with Crippen LogP contribution in [0.25, 0.3) is 0 Å². The first-order valence-corrected chi connectivity index (χ1v) is 5.85. The number of furan rings is 1. The summed E-state index contributed by atoms with van der Waals surface area (Å²) in [7, 11) is 1.28. The van der Waals surface area contributed by atoms with Crippen LogP contribution in [0.2, 0.25) is 0 Å². The zero-order valence-electron chi connectivity index (χ0n) is 10.6. The predicted molar refractivity (Wildman–Crippen MR) is 64.5 cm³/mol. The summed E-state index contributed by atoms with van der Waals surface area (Å²) in [6.07, 6.45) is 1.79. The van der Waals surface area contributed by atoms with Crippen LogP contribution >= 0.6 is 0 Å². The van der Waals surface area contributed by atoms with Crippen molar-refractivity contribution in [3.8, 4) is 0 Å². The van der Waals surface area contributed by atoms with E-state index in [9.17, 15) is 9.59 Å². The van der Waals surface area contributed by atoms with Gasteiger partial charge in [-0.25, -0.2) is 4.79 Å². The Kier molecular flexibility index (Phi) is 3.59. The molecule has 1 saturated heterocycles. The van der Waals surface area contributed by atoms with Crippen LogP contribution in [0.1, 0.15) is 22.5 Å². The van der Waals surface area contributed by atoms with E-state index in [2.05, 4.69) is 4.74 Å². The summed E-state index contributed by atoms with van der Waals surface area (Å²) < 4.78 is 9.69. The Hall–Kier alpha value is -1.86. The second kappa shape index (κ2) is 5.02. The average molecular weight is 268 g/mol. The predicted octanol–water partition coefficient (Wildman–Crippen LogP) is 0.0540. The lowest BCUT2D eigenvalue weighted by atomic mass is 10.0. The molecule has 2 heterocycles. The molecule has 104 valence electrons. The second-order valence-electron chi connectivity index (χ2n) is 4.69. The molecule has 1 atom stereocenters. The van der Waals surface area contributed by atoms with Crippen molar-refractivity contribution in [3.63, 3.8) is 0 Å². The van der Waals surface area contributed by atoms with Gasteiger partial charge in [0, 0.05) is 25.2 Å². The van der Waals surface area contributed by atoms with Crippen LogP contribution in [0.15, 0.2) is 16.7 Å². The van der Waals surface area contributed by atoms with Gasteiger partial charge < -0.3 is 20.0 Å². The van der Waals surface area contributed by atoms with Crippen LogP contribution in [-0.2, 0) is 16.1 Å². The molecule has 0 bridgehead atoms. The maximum Gasteiger partial charge on any atom is 0.374 e. The van der Waals surface area contributed by atoms with Crippen LogP contribution in [0.4, 0.5) is 0 Å². The zero-order chi connectivity index (χ0) is 14.0. The molecule has 7 nitrogen and oxygen atoms in total. The van der Waals surface area contributed by atoms with Gasteiger partial charge in [-0.05, 0) is 12.5 Å². The molecule has 3 N–H and O–H groups in total. The number of nitrogens with two attached hydrogens (primary N) is 1. The topological polar surface area (TPSA) is 106 Å². The number of rotatable bonds is 4. The summed E-state index contributed by atoms with van der Waals surface area (Å²) in [5.41, 5.74) is 5.24. The number of carboxylic acids is 1. The summed E-state index contributed by atoms with van der Waals surface area (Å²) in [5.74, 6) is -1.40. The van der Waals surface area contributed by atoms with E-state index in [0.29, 0.717) is 25.1 Å². The van der Waals surface area contributed by atoms with Crippen LogP contribution in [0.5, 0.6) is 0 Å². The van der Waals surface area contributed by atoms with Gasteiger partial charge in [-0.2, -0.15) is 0 Å². The first-order valence-electron chi connectivity index (χ1n) is 5.85. The van der Waals surface area contributed by atoms with Gasteiger partial charge in [0.15, 0.2) is 0 Å². The zero-order valence-corrected chi connectivity index (χ0v) is 10.6. The summed E-state index contributed by atoms with van der Waals surface area (Å²) in [6, 6.07) is 1.67. The van der Waals surface area contributed by atoms with Crippen molar-refractivity contribution in [2.75, 3.05) is 20.2 Å². The first-order chi connectivity index (χ1) is 8.96. The molecule has 19 heavy (non-hydrogen) atoms. The molecule has 1 unspecified atom stereocenters. The third kappa shape index (κ3) is 2.61. The van der Waals surface area contributed by atoms with Crippen LogP contribution in [0, 0.1) is 0 Å². The molecule has 0 radical (unpaired) electrons. The number of hydrogen-bond donors (Lipinski definition) is 2. The highest BCUT2D eigenvalue weighted by atomic mass is 16.5. The molecule has 2 rings (SSSR count). The van der Waals surface area contributed by atoms with Crippen molar-refractivity contribution in [2.24, 2.45) is 5.73 Å². The fraction of sp³-hybridized carbons (Fsp3) is 0.500. The normalized spacial score (nSPS) is 23.5. The lowest BCUT2D eigenvalue weighted by Gasteiger charge is -2.19. The molecule has 1 fully saturated rings. The molecule has 0 amide bonds. The summed E-state index contributed by atoms with van der Waals surface area (Å²) >= 11 is 0. The van der Waals surface area contributed by atoms with E-state index in [1.165, 1.54) is 13.4 Å². The van der Waals surface area contributed by atoms with Gasteiger partial charge >= 0.3 is 11.9 Å². The molecule has 1 aliphatic rings. The number of aliphatic carboxylic acids is 1. The monoisotopic (exact) mass is 268 g/mol. The van der Waals surface area contributed by atoms with Gasteiger partial charge in [-0.15, -0.1) is 0 Å². The Morgan fingerprint density at radius 1 is 1.63 bits per heavy atom. The number of ether oxygens (including phenoxy) is 1. The number of carboxylic acid groups (broad SMARTS) is 1. The highest BCUT2D eigenvalue weighted by molar-refractivity contribution is 5.87. The molecule has 0 aromatic carbocycles. The van der Waals surface area contributed by atoms with Crippen LogP contribution in [-0.4, -0.2) is 47.7 Å². The Morgan fingerprint density at radius 3 is 2.95 bits per heavy atom. The maximum absolute atomic E-state index is 11.5. The quantitative estimate of drug-likeness (QED) is 0.743. The van der Waals surface area contributed by atoms with Gasteiger partial charge in [-0.1, -0.05) is 0 Å². The maximum atomic E-state index is 11.5. The van der Waals surface area contributed by atoms with Gasteiger partial charge in [0.25, 0.3) is 0 Å². The van der Waals surface area contributed by atoms with Crippen molar-refractivity contribution in [3.05, 3.63) is 23.7 Å². The minimum absolute atomic E-state index is 0.146. The Labute approximate surface area is 109 Å². The highest BCUT2D eigenvalue weighted by Gasteiger charge is 2.41. The van der Waals surface area contributed by atoms with Crippen molar-refractivity contribution >= 4 is 11.9 Å². The second-order valence-corrected chi connectivity index (χ2v) is 4.69. The van der Waals surface area contributed by atoms with Crippen molar-refractivity contribution in [1.29, 1.82) is 0 Å². The fourth-order valence-corrected chi connectivity index (χ4v) is 2.20. The fourth-order valence-electron chi connectivity index (χ4n) is 2.20. The number of esters is 1. The summed E-state index contributed by atoms with van der Waals surface area (Å²) in [6.45, 7) is 1.22. The minimum Gasteiger partial charge on any atom is -0.480 e. The van der Waals surface area contributed by atoms with E-state index in [0.717, 1.165) is 0 Å². The van der Waals surface area contributed by atoms with E-state index in [-0.39, 0.29) is 12.3 Å². The lowest BCUT2D eigenvalue weighted by molar-refractivity contribution is -0.142. The van der Waals surface area contributed by atoms with E-state index < -0.39 is 17.5 Å². The number of hydrogen-bond acceptors (Lipinski definition) is 6. The molecule has 7 heteroatoms. The third-order valence-corrected chi connectivity index (χ3v) is 3.32. The van der Waals surface area contributed by atoms with Crippen molar-refractivity contribution < 1.29 is 23.8 Å². The summed E-state index contributed by atoms with van der Waals surface area (Å²) in [5, 5.41) is 9.05. The Bertz CT molecular complexity index is 498. The van der Waals surface area contributed by atoms with Crippen molar-refractivity contribution in [1.82, 2.24) is 4.90 Å². The molecule has 1 aromatic rings. The molecule has 1 aliphatic heterocycles. The van der Waals surface area contributed by atoms with E-state index in [4.69, 9.17) is 15.3 Å². The van der Waals surface area contributed by atoms with Gasteiger partial charge in [0.1, 0.15) is 5.54 Å². The van der Waals surface area contributed by atoms with E-state index in [1.807, 2.05) is 4.90 Å². The van der Waals surface area contributed by atoms with Crippen LogP contribution < -0.4 is 5.73 Å².